The third-order valence-electron chi connectivity index (χ3n) is 8.86. The SMILES string of the molecule is CCCCCCCCCCCCCCCCCCCCCCCCCCCCCCC=CCCC1OC(=O)COC1=O. The number of carbonyl (C=O) groups excluding carboxylic acids is 2. The van der Waals surface area contributed by atoms with E-state index in [2.05, 4.69) is 19.1 Å². The Balaban J connectivity index is 1.66. The molecule has 4 heteroatoms. The Hall–Kier alpha value is -1.32. The molecule has 1 rings (SSSR count). The molecule has 0 amide bonds. The molecule has 4 nitrogen and oxygen atoms in total. The molecule has 0 aliphatic carbocycles. The summed E-state index contributed by atoms with van der Waals surface area (Å²) in [6.07, 6.45) is 46.0. The van der Waals surface area contributed by atoms with Crippen LogP contribution in [0.3, 0.4) is 0 Å². The van der Waals surface area contributed by atoms with Gasteiger partial charge in [-0.15, -0.1) is 0 Å². The maximum absolute atomic E-state index is 11.5. The van der Waals surface area contributed by atoms with Crippen molar-refractivity contribution in [1.82, 2.24) is 0 Å². The quantitative estimate of drug-likeness (QED) is 0.0444. The minimum absolute atomic E-state index is 0.245. The second-order valence-corrected chi connectivity index (χ2v) is 13.0. The Morgan fingerprint density at radius 1 is 0.500 bits per heavy atom. The third kappa shape index (κ3) is 26.3. The van der Waals surface area contributed by atoms with Crippen molar-refractivity contribution in [3.63, 3.8) is 0 Å². The van der Waals surface area contributed by atoms with E-state index in [-0.39, 0.29) is 6.61 Å². The van der Waals surface area contributed by atoms with Crippen LogP contribution in [-0.2, 0) is 19.1 Å². The van der Waals surface area contributed by atoms with Gasteiger partial charge in [0.1, 0.15) is 0 Å². The van der Waals surface area contributed by atoms with Crippen LogP contribution in [0.1, 0.15) is 206 Å². The fourth-order valence-corrected chi connectivity index (χ4v) is 6.06. The summed E-state index contributed by atoms with van der Waals surface area (Å²) in [5.74, 6) is -0.858. The van der Waals surface area contributed by atoms with Gasteiger partial charge < -0.3 is 9.47 Å². The van der Waals surface area contributed by atoms with Crippen molar-refractivity contribution in [1.29, 1.82) is 0 Å². The first kappa shape index (κ1) is 38.7. The fraction of sp³-hybridized carbons (Fsp3) is 0.895. The van der Waals surface area contributed by atoms with E-state index < -0.39 is 18.0 Å². The molecule has 0 bridgehead atoms. The molecule has 0 radical (unpaired) electrons. The van der Waals surface area contributed by atoms with Gasteiger partial charge >= 0.3 is 11.9 Å². The van der Waals surface area contributed by atoms with Crippen molar-refractivity contribution in [2.45, 2.75) is 212 Å². The summed E-state index contributed by atoms with van der Waals surface area (Å²) in [5, 5.41) is 0. The van der Waals surface area contributed by atoms with Gasteiger partial charge in [0.25, 0.3) is 0 Å². The Morgan fingerprint density at radius 2 is 0.833 bits per heavy atom. The summed E-state index contributed by atoms with van der Waals surface area (Å²) in [4.78, 5) is 22.7. The molecule has 1 heterocycles. The molecule has 0 spiro atoms. The van der Waals surface area contributed by atoms with Crippen molar-refractivity contribution in [3.05, 3.63) is 12.2 Å². The lowest BCUT2D eigenvalue weighted by Crippen LogP contribution is -2.37. The van der Waals surface area contributed by atoms with Crippen LogP contribution in [0.25, 0.3) is 0 Å². The lowest BCUT2D eigenvalue weighted by atomic mass is 10.0. The third-order valence-corrected chi connectivity index (χ3v) is 8.86. The van der Waals surface area contributed by atoms with Crippen LogP contribution in [0.15, 0.2) is 12.2 Å². The first-order valence-electron chi connectivity index (χ1n) is 18.7. The molecular formula is C38H70O4. The van der Waals surface area contributed by atoms with Crippen LogP contribution in [0.2, 0.25) is 0 Å². The average molecular weight is 591 g/mol. The molecule has 1 aliphatic rings. The molecule has 0 aromatic heterocycles. The number of ether oxygens (including phenoxy) is 2. The molecule has 42 heavy (non-hydrogen) atoms. The number of cyclic esters (lactones) is 2. The van der Waals surface area contributed by atoms with Crippen LogP contribution < -0.4 is 0 Å². The second kappa shape index (κ2) is 31.1. The molecule has 1 aliphatic heterocycles. The minimum atomic E-state index is -0.718. The summed E-state index contributed by atoms with van der Waals surface area (Å²) in [5.41, 5.74) is 0. The highest BCUT2D eigenvalue weighted by molar-refractivity contribution is 5.85. The standard InChI is InChI=1S/C38H70O4/c1-2-3-4-5-6-7-8-9-10-11-12-13-14-15-16-17-18-19-20-21-22-23-24-25-26-27-28-29-30-31-32-33-34-36-38(40)41-35-37(39)42-36/h31-32,36H,2-30,33-35H2,1H3. The highest BCUT2D eigenvalue weighted by Gasteiger charge is 2.29. The van der Waals surface area contributed by atoms with Crippen LogP contribution in [0.4, 0.5) is 0 Å². The maximum atomic E-state index is 11.5. The highest BCUT2D eigenvalue weighted by atomic mass is 16.6. The van der Waals surface area contributed by atoms with E-state index in [1.165, 1.54) is 180 Å². The zero-order valence-electron chi connectivity index (χ0n) is 28.0. The number of hydrogen-bond acceptors (Lipinski definition) is 4. The van der Waals surface area contributed by atoms with Crippen LogP contribution in [0, 0.1) is 0 Å². The summed E-state index contributed by atoms with van der Waals surface area (Å²) in [6, 6.07) is 0. The van der Waals surface area contributed by atoms with E-state index in [9.17, 15) is 9.59 Å². The van der Waals surface area contributed by atoms with Crippen LogP contribution >= 0.6 is 0 Å². The van der Waals surface area contributed by atoms with E-state index in [0.717, 1.165) is 12.8 Å². The van der Waals surface area contributed by atoms with Gasteiger partial charge in [0.05, 0.1) is 0 Å². The predicted molar refractivity (Wildman–Crippen MR) is 179 cm³/mol. The number of hydrogen-bond donors (Lipinski definition) is 0. The molecule has 1 saturated heterocycles. The van der Waals surface area contributed by atoms with E-state index in [1.54, 1.807) is 0 Å². The largest absolute Gasteiger partial charge is 0.451 e. The summed E-state index contributed by atoms with van der Waals surface area (Å²) in [7, 11) is 0. The molecule has 0 N–H and O–H groups in total. The first-order chi connectivity index (χ1) is 20.7. The van der Waals surface area contributed by atoms with Crippen molar-refractivity contribution >= 4 is 11.9 Å². The maximum Gasteiger partial charge on any atom is 0.348 e. The van der Waals surface area contributed by atoms with Crippen LogP contribution in [0.5, 0.6) is 0 Å². The molecule has 0 aromatic carbocycles. The zero-order valence-corrected chi connectivity index (χ0v) is 28.0. The lowest BCUT2D eigenvalue weighted by Gasteiger charge is -2.20. The number of rotatable bonds is 32. The van der Waals surface area contributed by atoms with Crippen molar-refractivity contribution in [3.8, 4) is 0 Å². The number of esters is 2. The summed E-state index contributed by atoms with van der Waals surface area (Å²) < 4.78 is 9.80. The first-order valence-corrected chi connectivity index (χ1v) is 18.7. The van der Waals surface area contributed by atoms with Crippen LogP contribution in [-0.4, -0.2) is 24.6 Å². The molecule has 0 aromatic rings. The number of unbranched alkanes of at least 4 members (excludes halogenated alkanes) is 28. The molecular weight excluding hydrogens is 520 g/mol. The molecule has 1 atom stereocenters. The average Bonchev–Trinajstić information content (AvgIpc) is 2.99. The van der Waals surface area contributed by atoms with Crippen molar-refractivity contribution in [2.75, 3.05) is 6.61 Å². The van der Waals surface area contributed by atoms with Gasteiger partial charge in [-0.2, -0.15) is 0 Å². The number of allylic oxidation sites excluding steroid dienone is 2. The molecule has 1 fully saturated rings. The fourth-order valence-electron chi connectivity index (χ4n) is 6.06. The van der Waals surface area contributed by atoms with Gasteiger partial charge in [-0.3, -0.25) is 0 Å². The van der Waals surface area contributed by atoms with Gasteiger partial charge in [0.15, 0.2) is 12.7 Å². The summed E-state index contributed by atoms with van der Waals surface area (Å²) >= 11 is 0. The van der Waals surface area contributed by atoms with Gasteiger partial charge in [0, 0.05) is 0 Å². The zero-order chi connectivity index (χ0) is 30.2. The van der Waals surface area contributed by atoms with E-state index in [0.29, 0.717) is 6.42 Å². The Bertz CT molecular complexity index is 629. The smallest absolute Gasteiger partial charge is 0.348 e. The van der Waals surface area contributed by atoms with Gasteiger partial charge in [0.2, 0.25) is 0 Å². The lowest BCUT2D eigenvalue weighted by molar-refractivity contribution is -0.184. The van der Waals surface area contributed by atoms with E-state index in [1.807, 2.05) is 0 Å². The van der Waals surface area contributed by atoms with Gasteiger partial charge in [-0.25, -0.2) is 9.59 Å². The van der Waals surface area contributed by atoms with Gasteiger partial charge in [-0.05, 0) is 25.7 Å². The van der Waals surface area contributed by atoms with Crippen molar-refractivity contribution < 1.29 is 19.1 Å². The van der Waals surface area contributed by atoms with E-state index in [4.69, 9.17) is 9.47 Å². The Labute approximate surface area is 261 Å². The predicted octanol–water partition coefficient (Wildman–Crippen LogP) is 12.1. The second-order valence-electron chi connectivity index (χ2n) is 13.0. The van der Waals surface area contributed by atoms with Crippen molar-refractivity contribution in [2.24, 2.45) is 0 Å². The molecule has 1 unspecified atom stereocenters. The Kier molecular flexibility index (Phi) is 28.7. The Morgan fingerprint density at radius 3 is 1.21 bits per heavy atom. The van der Waals surface area contributed by atoms with Gasteiger partial charge in [-0.1, -0.05) is 192 Å². The molecule has 246 valence electrons. The van der Waals surface area contributed by atoms with E-state index >= 15 is 0 Å². The monoisotopic (exact) mass is 591 g/mol. The molecule has 0 saturated carbocycles. The minimum Gasteiger partial charge on any atom is -0.451 e. The normalized spacial score (nSPS) is 15.4. The topological polar surface area (TPSA) is 52.6 Å². The highest BCUT2D eigenvalue weighted by Crippen LogP contribution is 2.17. The summed E-state index contributed by atoms with van der Waals surface area (Å²) in [6.45, 7) is 2.05. The number of carbonyl (C=O) groups is 2.